The molecule has 0 bridgehead atoms. The summed E-state index contributed by atoms with van der Waals surface area (Å²) >= 11 is 0. The number of hydrogen-bond donors (Lipinski definition) is 1. The molecule has 4 heteroatoms. The summed E-state index contributed by atoms with van der Waals surface area (Å²) in [7, 11) is -1.42. The third-order valence-corrected chi connectivity index (χ3v) is 4.49. The lowest BCUT2D eigenvalue weighted by molar-refractivity contribution is -0.124. The highest BCUT2D eigenvalue weighted by Gasteiger charge is 2.22. The number of carbonyl (C=O) groups excluding carboxylic acids is 1. The van der Waals surface area contributed by atoms with Gasteiger partial charge in [-0.15, -0.1) is 0 Å². The van der Waals surface area contributed by atoms with Crippen molar-refractivity contribution >= 4 is 16.9 Å². The monoisotopic (exact) mass is 265 g/mol. The molecule has 1 aliphatic rings. The fourth-order valence-electron chi connectivity index (χ4n) is 2.26. The molecular weight excluding hydrogens is 246 g/mol. The number of aryl methyl sites for hydroxylation is 1. The highest BCUT2D eigenvalue weighted by atomic mass is 32.2. The molecule has 3 nitrogen and oxygen atoms in total. The first kappa shape index (κ1) is 13.3. The first-order valence-corrected chi connectivity index (χ1v) is 7.61. The number of amides is 1. The van der Waals surface area contributed by atoms with Gasteiger partial charge in [0.25, 0.3) is 0 Å². The molecule has 1 amide bonds. The lowest BCUT2D eigenvalue weighted by atomic mass is 9.89. The van der Waals surface area contributed by atoms with E-state index < -0.39 is 11.0 Å². The maximum absolute atomic E-state index is 12.0. The van der Waals surface area contributed by atoms with Gasteiger partial charge < -0.3 is 0 Å². The molecule has 0 aromatic heterocycles. The van der Waals surface area contributed by atoms with E-state index in [2.05, 4.69) is 4.72 Å². The Bertz CT molecular complexity index is 436. The molecule has 98 valence electrons. The van der Waals surface area contributed by atoms with Crippen molar-refractivity contribution in [1.82, 2.24) is 4.72 Å². The predicted octanol–water partition coefficient (Wildman–Crippen LogP) is 2.71. The molecule has 0 aliphatic heterocycles. The van der Waals surface area contributed by atoms with Crippen molar-refractivity contribution in [1.29, 1.82) is 0 Å². The Morgan fingerprint density at radius 3 is 2.39 bits per heavy atom. The average molecular weight is 265 g/mol. The zero-order valence-electron chi connectivity index (χ0n) is 10.6. The maximum atomic E-state index is 12.0. The number of nitrogens with one attached hydrogen (secondary N) is 1. The number of carbonyl (C=O) groups is 1. The number of benzene rings is 1. The summed E-state index contributed by atoms with van der Waals surface area (Å²) in [6.45, 7) is 1.98. The Morgan fingerprint density at radius 1 is 1.17 bits per heavy atom. The summed E-state index contributed by atoms with van der Waals surface area (Å²) in [5, 5.41) is 0. The van der Waals surface area contributed by atoms with E-state index >= 15 is 0 Å². The summed E-state index contributed by atoms with van der Waals surface area (Å²) in [4.78, 5) is 12.6. The van der Waals surface area contributed by atoms with Crippen LogP contribution in [0.5, 0.6) is 0 Å². The molecule has 2 rings (SSSR count). The second kappa shape index (κ2) is 6.14. The van der Waals surface area contributed by atoms with Crippen LogP contribution in [0.15, 0.2) is 29.2 Å². The fourth-order valence-corrected chi connectivity index (χ4v) is 3.11. The van der Waals surface area contributed by atoms with Crippen molar-refractivity contribution in [2.75, 3.05) is 0 Å². The third-order valence-electron chi connectivity index (χ3n) is 3.40. The molecule has 0 spiro atoms. The van der Waals surface area contributed by atoms with Crippen LogP contribution in [0.1, 0.15) is 37.7 Å². The summed E-state index contributed by atoms with van der Waals surface area (Å²) in [6.07, 6.45) is 5.28. The van der Waals surface area contributed by atoms with Gasteiger partial charge in [0.1, 0.15) is 0 Å². The Balaban J connectivity index is 1.94. The van der Waals surface area contributed by atoms with Gasteiger partial charge in [-0.25, -0.2) is 4.21 Å². The first-order chi connectivity index (χ1) is 8.66. The molecule has 0 radical (unpaired) electrons. The van der Waals surface area contributed by atoms with E-state index in [4.69, 9.17) is 0 Å². The van der Waals surface area contributed by atoms with Gasteiger partial charge in [0.15, 0.2) is 11.0 Å². The van der Waals surface area contributed by atoms with Crippen molar-refractivity contribution in [2.24, 2.45) is 5.92 Å². The fraction of sp³-hybridized carbons (Fsp3) is 0.500. The van der Waals surface area contributed by atoms with E-state index in [1.165, 1.54) is 6.42 Å². The van der Waals surface area contributed by atoms with E-state index in [9.17, 15) is 9.00 Å². The maximum Gasteiger partial charge on any atom is 0.235 e. The molecule has 1 N–H and O–H groups in total. The molecule has 1 saturated carbocycles. The predicted molar refractivity (Wildman–Crippen MR) is 72.3 cm³/mol. The van der Waals surface area contributed by atoms with Crippen LogP contribution in [0.2, 0.25) is 0 Å². The largest absolute Gasteiger partial charge is 0.274 e. The van der Waals surface area contributed by atoms with Crippen LogP contribution in [-0.2, 0) is 15.8 Å². The van der Waals surface area contributed by atoms with Crippen molar-refractivity contribution in [3.8, 4) is 0 Å². The van der Waals surface area contributed by atoms with Gasteiger partial charge in [-0.2, -0.15) is 0 Å². The topological polar surface area (TPSA) is 46.2 Å². The summed E-state index contributed by atoms with van der Waals surface area (Å²) in [5.41, 5.74) is 1.12. The van der Waals surface area contributed by atoms with Crippen LogP contribution in [0.25, 0.3) is 0 Å². The minimum Gasteiger partial charge on any atom is -0.274 e. The van der Waals surface area contributed by atoms with Gasteiger partial charge >= 0.3 is 0 Å². The quantitative estimate of drug-likeness (QED) is 0.913. The summed E-state index contributed by atoms with van der Waals surface area (Å²) < 4.78 is 14.6. The van der Waals surface area contributed by atoms with Crippen molar-refractivity contribution < 1.29 is 9.00 Å². The van der Waals surface area contributed by atoms with E-state index in [-0.39, 0.29) is 11.8 Å². The molecule has 1 fully saturated rings. The van der Waals surface area contributed by atoms with Crippen LogP contribution >= 0.6 is 0 Å². The molecule has 0 unspecified atom stereocenters. The lowest BCUT2D eigenvalue weighted by Gasteiger charge is -2.20. The zero-order valence-corrected chi connectivity index (χ0v) is 11.5. The standard InChI is InChI=1S/C14H19NO2S/c1-11-7-9-13(10-8-11)18(17)15-14(16)12-5-3-2-4-6-12/h7-10,12H,2-6H2,1H3,(H,15,16)/t18-/m0/s1. The van der Waals surface area contributed by atoms with Gasteiger partial charge in [-0.3, -0.25) is 9.52 Å². The van der Waals surface area contributed by atoms with Crippen LogP contribution in [-0.4, -0.2) is 10.1 Å². The summed E-state index contributed by atoms with van der Waals surface area (Å²) in [6, 6.07) is 7.40. The molecule has 1 aromatic rings. The number of hydrogen-bond acceptors (Lipinski definition) is 2. The average Bonchev–Trinajstić information content (AvgIpc) is 2.40. The molecule has 0 heterocycles. The second-order valence-corrected chi connectivity index (χ2v) is 6.10. The van der Waals surface area contributed by atoms with E-state index in [1.807, 2.05) is 19.1 Å². The SMILES string of the molecule is Cc1ccc([S@](=O)NC(=O)C2CCCCC2)cc1. The lowest BCUT2D eigenvalue weighted by Crippen LogP contribution is -2.33. The van der Waals surface area contributed by atoms with Crippen LogP contribution in [0.3, 0.4) is 0 Å². The molecule has 1 atom stereocenters. The Morgan fingerprint density at radius 2 is 1.78 bits per heavy atom. The van der Waals surface area contributed by atoms with Crippen molar-refractivity contribution in [2.45, 2.75) is 43.9 Å². The minimum absolute atomic E-state index is 0.0492. The Labute approximate surface area is 111 Å². The van der Waals surface area contributed by atoms with Crippen molar-refractivity contribution in [3.63, 3.8) is 0 Å². The first-order valence-electron chi connectivity index (χ1n) is 6.46. The Hall–Kier alpha value is -1.16. The van der Waals surface area contributed by atoms with Crippen LogP contribution in [0.4, 0.5) is 0 Å². The molecule has 1 aromatic carbocycles. The smallest absolute Gasteiger partial charge is 0.235 e. The van der Waals surface area contributed by atoms with Crippen LogP contribution in [0, 0.1) is 12.8 Å². The van der Waals surface area contributed by atoms with E-state index in [0.29, 0.717) is 4.90 Å². The van der Waals surface area contributed by atoms with E-state index in [0.717, 1.165) is 31.2 Å². The zero-order chi connectivity index (χ0) is 13.0. The molecule has 1 aliphatic carbocycles. The number of rotatable bonds is 3. The minimum atomic E-state index is -1.42. The summed E-state index contributed by atoms with van der Waals surface area (Å²) in [5.74, 6) is -0.0123. The highest BCUT2D eigenvalue weighted by molar-refractivity contribution is 7.83. The van der Waals surface area contributed by atoms with E-state index in [1.54, 1.807) is 12.1 Å². The van der Waals surface area contributed by atoms with Gasteiger partial charge in [0.05, 0.1) is 4.90 Å². The normalized spacial score (nSPS) is 18.3. The van der Waals surface area contributed by atoms with Crippen molar-refractivity contribution in [3.05, 3.63) is 29.8 Å². The molecule has 0 saturated heterocycles. The molecule has 18 heavy (non-hydrogen) atoms. The highest BCUT2D eigenvalue weighted by Crippen LogP contribution is 2.23. The molecular formula is C14H19NO2S. The Kier molecular flexibility index (Phi) is 4.53. The van der Waals surface area contributed by atoms with Crippen LogP contribution < -0.4 is 4.72 Å². The van der Waals surface area contributed by atoms with Gasteiger partial charge in [0.2, 0.25) is 5.91 Å². The van der Waals surface area contributed by atoms with Gasteiger partial charge in [-0.05, 0) is 31.9 Å². The third kappa shape index (κ3) is 3.42. The second-order valence-electron chi connectivity index (χ2n) is 4.88. The van der Waals surface area contributed by atoms with Gasteiger partial charge in [0, 0.05) is 5.92 Å². The van der Waals surface area contributed by atoms with Gasteiger partial charge in [-0.1, -0.05) is 37.0 Å².